The minimum absolute atomic E-state index is 0.442. The molecule has 1 aliphatic heterocycles. The molecule has 1 atom stereocenters. The summed E-state index contributed by atoms with van der Waals surface area (Å²) in [6.07, 6.45) is 6.00. The number of nitrogens with zero attached hydrogens (tertiary/aromatic N) is 3. The molecule has 3 rings (SSSR count). The van der Waals surface area contributed by atoms with E-state index < -0.39 is 0 Å². The molecule has 0 N–H and O–H groups in total. The third-order valence-corrected chi connectivity index (χ3v) is 4.71. The number of hydrogen-bond acceptors (Lipinski definition) is 3. The van der Waals surface area contributed by atoms with Crippen LogP contribution >= 0.6 is 0 Å². The van der Waals surface area contributed by atoms with E-state index in [-0.39, 0.29) is 0 Å². The number of fused-ring (bicyclic) bond motifs is 1. The Bertz CT molecular complexity index is 662. The lowest BCUT2D eigenvalue weighted by molar-refractivity contribution is 0.0927. The van der Waals surface area contributed by atoms with Crippen molar-refractivity contribution in [3.8, 4) is 17.0 Å². The van der Waals surface area contributed by atoms with Crippen molar-refractivity contribution in [2.45, 2.75) is 45.7 Å². The van der Waals surface area contributed by atoms with Crippen molar-refractivity contribution in [3.05, 3.63) is 36.3 Å². The Morgan fingerprint density at radius 1 is 1.39 bits per heavy atom. The van der Waals surface area contributed by atoms with Gasteiger partial charge < -0.3 is 9.30 Å². The molecule has 1 unspecified atom stereocenters. The van der Waals surface area contributed by atoms with Crippen molar-refractivity contribution >= 4 is 0 Å². The largest absolute Gasteiger partial charge is 0.492 e. The maximum absolute atomic E-state index is 6.12. The van der Waals surface area contributed by atoms with Crippen molar-refractivity contribution in [1.82, 2.24) is 14.5 Å². The first-order chi connectivity index (χ1) is 11.1. The number of rotatable bonds is 5. The molecule has 1 aliphatic rings. The molecule has 4 nitrogen and oxygen atoms in total. The minimum atomic E-state index is 0.442. The Hall–Kier alpha value is -1.81. The van der Waals surface area contributed by atoms with Gasteiger partial charge in [0.2, 0.25) is 0 Å². The standard InChI is InChI=1S/C19H27N3O/c1-5-9-22(14(2)3)15-10-17-16(18-11-20-13-21(18)4)7-6-8-19(17)23-12-15/h6-8,11,13-15H,5,9-10,12H2,1-4H3. The van der Waals surface area contributed by atoms with Crippen LogP contribution in [0.2, 0.25) is 0 Å². The first kappa shape index (κ1) is 16.1. The van der Waals surface area contributed by atoms with Crippen LogP contribution in [-0.2, 0) is 13.5 Å². The average molecular weight is 313 g/mol. The van der Waals surface area contributed by atoms with E-state index in [9.17, 15) is 0 Å². The van der Waals surface area contributed by atoms with Gasteiger partial charge in [0.1, 0.15) is 12.4 Å². The second-order valence-corrected chi connectivity index (χ2v) is 6.67. The van der Waals surface area contributed by atoms with Gasteiger partial charge in [-0.15, -0.1) is 0 Å². The van der Waals surface area contributed by atoms with Crippen molar-refractivity contribution in [1.29, 1.82) is 0 Å². The van der Waals surface area contributed by atoms with Gasteiger partial charge in [0.05, 0.1) is 18.2 Å². The molecule has 124 valence electrons. The van der Waals surface area contributed by atoms with Crippen LogP contribution in [0.5, 0.6) is 5.75 Å². The van der Waals surface area contributed by atoms with E-state index in [1.807, 2.05) is 19.6 Å². The molecule has 0 radical (unpaired) electrons. The zero-order chi connectivity index (χ0) is 16.4. The monoisotopic (exact) mass is 313 g/mol. The number of imidazole rings is 1. The van der Waals surface area contributed by atoms with E-state index in [2.05, 4.69) is 53.4 Å². The highest BCUT2D eigenvalue weighted by atomic mass is 16.5. The summed E-state index contributed by atoms with van der Waals surface area (Å²) in [7, 11) is 2.04. The maximum atomic E-state index is 6.12. The van der Waals surface area contributed by atoms with E-state index in [0.29, 0.717) is 12.1 Å². The summed E-state index contributed by atoms with van der Waals surface area (Å²) < 4.78 is 8.20. The van der Waals surface area contributed by atoms with Crippen LogP contribution in [-0.4, -0.2) is 39.7 Å². The fourth-order valence-electron chi connectivity index (χ4n) is 3.58. The highest BCUT2D eigenvalue weighted by molar-refractivity contribution is 5.67. The lowest BCUT2D eigenvalue weighted by Gasteiger charge is -2.38. The molecule has 23 heavy (non-hydrogen) atoms. The molecule has 0 fully saturated rings. The molecule has 0 saturated heterocycles. The summed E-state index contributed by atoms with van der Waals surface area (Å²) in [4.78, 5) is 6.84. The number of aryl methyl sites for hydroxylation is 1. The fourth-order valence-corrected chi connectivity index (χ4v) is 3.58. The summed E-state index contributed by atoms with van der Waals surface area (Å²) >= 11 is 0. The fraction of sp³-hybridized carbons (Fsp3) is 0.526. The lowest BCUT2D eigenvalue weighted by atomic mass is 9.94. The first-order valence-corrected chi connectivity index (χ1v) is 8.59. The van der Waals surface area contributed by atoms with E-state index >= 15 is 0 Å². The van der Waals surface area contributed by atoms with E-state index in [0.717, 1.165) is 31.0 Å². The lowest BCUT2D eigenvalue weighted by Crippen LogP contribution is -2.47. The number of hydrogen-bond donors (Lipinski definition) is 0. The van der Waals surface area contributed by atoms with Crippen LogP contribution in [0.25, 0.3) is 11.3 Å². The second-order valence-electron chi connectivity index (χ2n) is 6.67. The van der Waals surface area contributed by atoms with Gasteiger partial charge in [-0.05, 0) is 39.3 Å². The van der Waals surface area contributed by atoms with Gasteiger partial charge in [0, 0.05) is 30.3 Å². The van der Waals surface area contributed by atoms with Crippen LogP contribution in [0.3, 0.4) is 0 Å². The van der Waals surface area contributed by atoms with Crippen LogP contribution in [0.15, 0.2) is 30.7 Å². The average Bonchev–Trinajstić information content (AvgIpc) is 2.97. The molecule has 0 amide bonds. The second kappa shape index (κ2) is 6.75. The van der Waals surface area contributed by atoms with Crippen LogP contribution < -0.4 is 4.74 Å². The van der Waals surface area contributed by atoms with Gasteiger partial charge in [-0.25, -0.2) is 4.98 Å². The van der Waals surface area contributed by atoms with Gasteiger partial charge in [-0.2, -0.15) is 0 Å². The molecular formula is C19H27N3O. The normalized spacial score (nSPS) is 17.4. The van der Waals surface area contributed by atoms with Crippen molar-refractivity contribution in [2.75, 3.05) is 13.2 Å². The van der Waals surface area contributed by atoms with Gasteiger partial charge in [-0.1, -0.05) is 19.1 Å². The van der Waals surface area contributed by atoms with Gasteiger partial charge >= 0.3 is 0 Å². The quantitative estimate of drug-likeness (QED) is 0.846. The molecule has 2 aromatic rings. The Labute approximate surface area is 139 Å². The Morgan fingerprint density at radius 3 is 2.87 bits per heavy atom. The summed E-state index contributed by atoms with van der Waals surface area (Å²) in [5.74, 6) is 1.03. The van der Waals surface area contributed by atoms with Crippen LogP contribution in [0, 0.1) is 0 Å². The van der Waals surface area contributed by atoms with Crippen molar-refractivity contribution in [3.63, 3.8) is 0 Å². The van der Waals surface area contributed by atoms with Gasteiger partial charge in [-0.3, -0.25) is 4.90 Å². The molecule has 4 heteroatoms. The molecule has 0 saturated carbocycles. The Kier molecular flexibility index (Phi) is 4.71. The molecule has 0 bridgehead atoms. The molecular weight excluding hydrogens is 286 g/mol. The summed E-state index contributed by atoms with van der Waals surface area (Å²) in [6, 6.07) is 7.32. The Balaban J connectivity index is 1.95. The van der Waals surface area contributed by atoms with Crippen LogP contribution in [0.4, 0.5) is 0 Å². The third kappa shape index (κ3) is 3.13. The van der Waals surface area contributed by atoms with Crippen molar-refractivity contribution in [2.24, 2.45) is 7.05 Å². The molecule has 0 spiro atoms. The molecule has 2 heterocycles. The maximum Gasteiger partial charge on any atom is 0.123 e. The first-order valence-electron chi connectivity index (χ1n) is 8.59. The topological polar surface area (TPSA) is 30.3 Å². The SMILES string of the molecule is CCCN(C(C)C)C1COc2cccc(-c3cncn3C)c2C1. The zero-order valence-corrected chi connectivity index (χ0v) is 14.6. The van der Waals surface area contributed by atoms with E-state index in [1.165, 1.54) is 17.5 Å². The minimum Gasteiger partial charge on any atom is -0.492 e. The van der Waals surface area contributed by atoms with E-state index in [1.54, 1.807) is 0 Å². The van der Waals surface area contributed by atoms with Crippen molar-refractivity contribution < 1.29 is 4.74 Å². The number of aromatic nitrogens is 2. The summed E-state index contributed by atoms with van der Waals surface area (Å²) in [6.45, 7) is 8.69. The van der Waals surface area contributed by atoms with E-state index in [4.69, 9.17) is 4.74 Å². The summed E-state index contributed by atoms with van der Waals surface area (Å²) in [5, 5.41) is 0. The summed E-state index contributed by atoms with van der Waals surface area (Å²) in [5.41, 5.74) is 3.71. The molecule has 0 aliphatic carbocycles. The number of benzene rings is 1. The molecule has 1 aromatic heterocycles. The predicted molar refractivity (Wildman–Crippen MR) is 93.8 cm³/mol. The predicted octanol–water partition coefficient (Wildman–Crippen LogP) is 3.51. The van der Waals surface area contributed by atoms with Gasteiger partial charge in [0.25, 0.3) is 0 Å². The van der Waals surface area contributed by atoms with Crippen LogP contribution in [0.1, 0.15) is 32.8 Å². The smallest absolute Gasteiger partial charge is 0.123 e. The molecule has 1 aromatic carbocycles. The number of ether oxygens (including phenoxy) is 1. The third-order valence-electron chi connectivity index (χ3n) is 4.71. The highest BCUT2D eigenvalue weighted by Gasteiger charge is 2.28. The van der Waals surface area contributed by atoms with Gasteiger partial charge in [0.15, 0.2) is 0 Å². The Morgan fingerprint density at radius 2 is 2.22 bits per heavy atom. The zero-order valence-electron chi connectivity index (χ0n) is 14.6. The highest BCUT2D eigenvalue weighted by Crippen LogP contribution is 2.35.